The van der Waals surface area contributed by atoms with E-state index in [9.17, 15) is 14.0 Å². The first-order valence-corrected chi connectivity index (χ1v) is 10.2. The van der Waals surface area contributed by atoms with Crippen molar-refractivity contribution in [3.05, 3.63) is 99.6 Å². The van der Waals surface area contributed by atoms with E-state index in [0.29, 0.717) is 34.7 Å². The van der Waals surface area contributed by atoms with Gasteiger partial charge in [0, 0.05) is 24.4 Å². The van der Waals surface area contributed by atoms with Gasteiger partial charge in [-0.25, -0.2) is 4.39 Å². The first-order valence-electron chi connectivity index (χ1n) is 10.2. The Labute approximate surface area is 189 Å². The van der Waals surface area contributed by atoms with Gasteiger partial charge < -0.3 is 18.8 Å². The predicted molar refractivity (Wildman–Crippen MR) is 123 cm³/mol. The van der Waals surface area contributed by atoms with Gasteiger partial charge in [0.05, 0.1) is 37.8 Å². The number of carbonyl (C=O) groups excluding carboxylic acids is 1. The van der Waals surface area contributed by atoms with Gasteiger partial charge in [0.15, 0.2) is 17.3 Å². The van der Waals surface area contributed by atoms with Crippen molar-refractivity contribution in [2.75, 3.05) is 21.3 Å². The number of hydrogen-bond donors (Lipinski definition) is 0. The van der Waals surface area contributed by atoms with Crippen LogP contribution in [0, 0.1) is 5.82 Å². The largest absolute Gasteiger partial charge is 0.497 e. The molecule has 0 spiro atoms. The maximum absolute atomic E-state index is 13.4. The zero-order chi connectivity index (χ0) is 23.5. The fraction of sp³-hybridized carbons (Fsp3) is 0.154. The van der Waals surface area contributed by atoms with E-state index in [4.69, 9.17) is 14.2 Å². The Kier molecular flexibility index (Phi) is 6.13. The third-order valence-corrected chi connectivity index (χ3v) is 5.42. The summed E-state index contributed by atoms with van der Waals surface area (Å²) >= 11 is 0. The summed E-state index contributed by atoms with van der Waals surface area (Å²) in [5.41, 5.74) is 1.25. The average molecular weight is 447 g/mol. The van der Waals surface area contributed by atoms with Gasteiger partial charge in [-0.3, -0.25) is 9.59 Å². The molecule has 168 valence electrons. The van der Waals surface area contributed by atoms with Gasteiger partial charge in [0.25, 0.3) is 0 Å². The molecule has 1 aromatic heterocycles. The van der Waals surface area contributed by atoms with Crippen LogP contribution in [0.5, 0.6) is 17.2 Å². The van der Waals surface area contributed by atoms with Crippen molar-refractivity contribution in [2.45, 2.75) is 6.54 Å². The Morgan fingerprint density at radius 2 is 1.61 bits per heavy atom. The van der Waals surface area contributed by atoms with Crippen LogP contribution in [-0.2, 0) is 6.54 Å². The number of carbonyl (C=O) groups is 1. The van der Waals surface area contributed by atoms with Crippen LogP contribution in [0.2, 0.25) is 0 Å². The summed E-state index contributed by atoms with van der Waals surface area (Å²) in [6.45, 7) is 0.368. The summed E-state index contributed by atoms with van der Waals surface area (Å²) in [5.74, 6) is 0.580. The van der Waals surface area contributed by atoms with Crippen LogP contribution in [0.25, 0.3) is 10.9 Å². The molecule has 3 aromatic carbocycles. The van der Waals surface area contributed by atoms with Crippen molar-refractivity contribution in [3.8, 4) is 17.2 Å². The Bertz CT molecular complexity index is 1390. The Balaban J connectivity index is 1.94. The van der Waals surface area contributed by atoms with Crippen LogP contribution in [-0.4, -0.2) is 31.7 Å². The molecule has 0 atom stereocenters. The Hall–Kier alpha value is -4.13. The lowest BCUT2D eigenvalue weighted by molar-refractivity contribution is 0.103. The molecule has 0 amide bonds. The Morgan fingerprint density at radius 3 is 2.27 bits per heavy atom. The van der Waals surface area contributed by atoms with Gasteiger partial charge in [0.2, 0.25) is 5.43 Å². The molecule has 6 nitrogen and oxygen atoms in total. The molecule has 0 saturated carbocycles. The normalized spacial score (nSPS) is 10.8. The average Bonchev–Trinajstić information content (AvgIpc) is 2.85. The first kappa shape index (κ1) is 22.1. The summed E-state index contributed by atoms with van der Waals surface area (Å²) in [4.78, 5) is 26.6. The number of pyridine rings is 1. The number of benzene rings is 3. The number of halogens is 1. The van der Waals surface area contributed by atoms with Gasteiger partial charge in [0.1, 0.15) is 11.6 Å². The van der Waals surface area contributed by atoms with Gasteiger partial charge in [-0.1, -0.05) is 12.1 Å². The summed E-state index contributed by atoms with van der Waals surface area (Å²) in [6, 6.07) is 15.9. The third-order valence-electron chi connectivity index (χ3n) is 5.42. The molecular formula is C26H22FNO5. The van der Waals surface area contributed by atoms with E-state index >= 15 is 0 Å². The smallest absolute Gasteiger partial charge is 0.200 e. The monoisotopic (exact) mass is 447 g/mol. The van der Waals surface area contributed by atoms with Crippen LogP contribution in [0.1, 0.15) is 21.5 Å². The van der Waals surface area contributed by atoms with E-state index in [-0.39, 0.29) is 11.1 Å². The van der Waals surface area contributed by atoms with Gasteiger partial charge >= 0.3 is 0 Å². The van der Waals surface area contributed by atoms with E-state index in [0.717, 1.165) is 5.56 Å². The molecule has 0 fully saturated rings. The topological polar surface area (TPSA) is 66.8 Å². The van der Waals surface area contributed by atoms with Crippen molar-refractivity contribution >= 4 is 16.7 Å². The molecule has 4 aromatic rings. The van der Waals surface area contributed by atoms with Crippen molar-refractivity contribution in [1.29, 1.82) is 0 Å². The zero-order valence-electron chi connectivity index (χ0n) is 18.4. The second-order valence-corrected chi connectivity index (χ2v) is 7.41. The highest BCUT2D eigenvalue weighted by Crippen LogP contribution is 2.31. The van der Waals surface area contributed by atoms with Crippen LogP contribution in [0.3, 0.4) is 0 Å². The molecule has 0 aliphatic rings. The number of nitrogens with zero attached hydrogens (tertiary/aromatic N) is 1. The number of hydrogen-bond acceptors (Lipinski definition) is 5. The molecule has 33 heavy (non-hydrogen) atoms. The maximum atomic E-state index is 13.4. The second kappa shape index (κ2) is 9.16. The van der Waals surface area contributed by atoms with Crippen LogP contribution < -0.4 is 19.6 Å². The van der Waals surface area contributed by atoms with Crippen molar-refractivity contribution in [3.63, 3.8) is 0 Å². The minimum atomic E-state index is -0.490. The molecule has 0 radical (unpaired) electrons. The fourth-order valence-corrected chi connectivity index (χ4v) is 3.73. The van der Waals surface area contributed by atoms with E-state index in [1.807, 2.05) is 28.8 Å². The molecule has 0 saturated heterocycles. The quantitative estimate of drug-likeness (QED) is 0.392. The van der Waals surface area contributed by atoms with Gasteiger partial charge in [-0.15, -0.1) is 0 Å². The summed E-state index contributed by atoms with van der Waals surface area (Å²) < 4.78 is 31.3. The number of rotatable bonds is 7. The van der Waals surface area contributed by atoms with E-state index < -0.39 is 17.0 Å². The molecule has 7 heteroatoms. The number of methoxy groups -OCH3 is 3. The summed E-state index contributed by atoms with van der Waals surface area (Å²) in [6.07, 6.45) is 1.53. The zero-order valence-corrected chi connectivity index (χ0v) is 18.4. The number of fused-ring (bicyclic) bond motifs is 1. The molecule has 0 bridgehead atoms. The Morgan fingerprint density at radius 1 is 0.909 bits per heavy atom. The van der Waals surface area contributed by atoms with Crippen LogP contribution >= 0.6 is 0 Å². The van der Waals surface area contributed by atoms with E-state index in [1.165, 1.54) is 44.7 Å². The van der Waals surface area contributed by atoms with Crippen LogP contribution in [0.15, 0.2) is 71.7 Å². The summed E-state index contributed by atoms with van der Waals surface area (Å²) in [7, 11) is 4.58. The standard InChI is InChI=1S/C26H22FNO5/c1-31-19-6-4-5-16(11-19)14-28-15-21(25(29)17-7-9-18(27)10-8-17)26(30)20-12-23(32-2)24(33-3)13-22(20)28/h4-13,15H,14H2,1-3H3. The molecule has 0 unspecified atom stereocenters. The van der Waals surface area contributed by atoms with Gasteiger partial charge in [-0.05, 0) is 48.0 Å². The van der Waals surface area contributed by atoms with Crippen molar-refractivity contribution < 1.29 is 23.4 Å². The lowest BCUT2D eigenvalue weighted by Gasteiger charge is -2.16. The molecule has 0 N–H and O–H groups in total. The second-order valence-electron chi connectivity index (χ2n) is 7.41. The summed E-state index contributed by atoms with van der Waals surface area (Å²) in [5, 5.41) is 0.309. The highest BCUT2D eigenvalue weighted by atomic mass is 19.1. The SMILES string of the molecule is COc1cccc(Cn2cc(C(=O)c3ccc(F)cc3)c(=O)c3cc(OC)c(OC)cc32)c1. The molecule has 0 aliphatic heterocycles. The fourth-order valence-electron chi connectivity index (χ4n) is 3.73. The first-order chi connectivity index (χ1) is 15.9. The molecule has 0 aliphatic carbocycles. The van der Waals surface area contributed by atoms with Crippen molar-refractivity contribution in [1.82, 2.24) is 4.57 Å². The number of aromatic nitrogens is 1. The van der Waals surface area contributed by atoms with Gasteiger partial charge in [-0.2, -0.15) is 0 Å². The minimum Gasteiger partial charge on any atom is -0.497 e. The molecule has 4 rings (SSSR count). The lowest BCUT2D eigenvalue weighted by atomic mass is 10.0. The minimum absolute atomic E-state index is 0.0239. The molecule has 1 heterocycles. The van der Waals surface area contributed by atoms with Crippen molar-refractivity contribution in [2.24, 2.45) is 0 Å². The van der Waals surface area contributed by atoms with Crippen LogP contribution in [0.4, 0.5) is 4.39 Å². The maximum Gasteiger partial charge on any atom is 0.200 e. The number of ketones is 1. The lowest BCUT2D eigenvalue weighted by Crippen LogP contribution is -2.20. The highest BCUT2D eigenvalue weighted by Gasteiger charge is 2.20. The number of ether oxygens (including phenoxy) is 3. The third kappa shape index (κ3) is 4.30. The predicted octanol–water partition coefficient (Wildman–Crippen LogP) is 4.45. The highest BCUT2D eigenvalue weighted by molar-refractivity contribution is 6.10. The van der Waals surface area contributed by atoms with E-state index in [2.05, 4.69) is 0 Å². The van der Waals surface area contributed by atoms with E-state index in [1.54, 1.807) is 19.2 Å². The molecular weight excluding hydrogens is 425 g/mol.